The number of carbonyl (C=O) groups is 1. The van der Waals surface area contributed by atoms with Gasteiger partial charge in [-0.15, -0.1) is 11.3 Å². The summed E-state index contributed by atoms with van der Waals surface area (Å²) >= 11 is 1.26. The molecule has 0 saturated carbocycles. The van der Waals surface area contributed by atoms with E-state index < -0.39 is 5.97 Å². The van der Waals surface area contributed by atoms with Crippen LogP contribution in [-0.4, -0.2) is 11.1 Å². The Labute approximate surface area is 109 Å². The summed E-state index contributed by atoms with van der Waals surface area (Å²) in [5.74, 6) is 0.409. The minimum atomic E-state index is -0.957. The van der Waals surface area contributed by atoms with E-state index in [4.69, 9.17) is 14.3 Å². The molecule has 18 heavy (non-hydrogen) atoms. The summed E-state index contributed by atoms with van der Waals surface area (Å²) < 4.78 is 10.7. The van der Waals surface area contributed by atoms with Crippen LogP contribution in [0, 0.1) is 0 Å². The van der Waals surface area contributed by atoms with Crippen LogP contribution in [0.15, 0.2) is 28.9 Å². The normalized spacial score (nSPS) is 10.8. The van der Waals surface area contributed by atoms with E-state index in [2.05, 4.69) is 0 Å². The van der Waals surface area contributed by atoms with Crippen molar-refractivity contribution in [2.24, 2.45) is 0 Å². The van der Waals surface area contributed by atoms with Crippen LogP contribution >= 0.6 is 11.3 Å². The van der Waals surface area contributed by atoms with Crippen LogP contribution in [0.3, 0.4) is 0 Å². The van der Waals surface area contributed by atoms with Crippen LogP contribution in [0.5, 0.6) is 5.75 Å². The SMILES string of the molecule is CC(C)c1cc(OCc2ccco2)c(C(=O)O)s1. The van der Waals surface area contributed by atoms with Gasteiger partial charge in [0.2, 0.25) is 0 Å². The standard InChI is InChI=1S/C13H14O4S/c1-8(2)11-6-10(12(18-11)13(14)15)17-7-9-4-3-5-16-9/h3-6,8H,7H2,1-2H3,(H,14,15). The molecule has 0 spiro atoms. The average molecular weight is 266 g/mol. The summed E-state index contributed by atoms with van der Waals surface area (Å²) in [4.78, 5) is 12.4. The van der Waals surface area contributed by atoms with Gasteiger partial charge in [-0.25, -0.2) is 4.79 Å². The maximum absolute atomic E-state index is 11.1. The van der Waals surface area contributed by atoms with Gasteiger partial charge in [0.15, 0.2) is 4.88 Å². The molecule has 2 rings (SSSR count). The summed E-state index contributed by atoms with van der Waals surface area (Å²) in [5.41, 5.74) is 0. The lowest BCUT2D eigenvalue weighted by atomic mass is 10.2. The quantitative estimate of drug-likeness (QED) is 0.895. The average Bonchev–Trinajstić information content (AvgIpc) is 2.95. The smallest absolute Gasteiger partial charge is 0.349 e. The van der Waals surface area contributed by atoms with E-state index >= 15 is 0 Å². The summed E-state index contributed by atoms with van der Waals surface area (Å²) in [7, 11) is 0. The molecule has 0 aliphatic carbocycles. The van der Waals surface area contributed by atoms with E-state index in [0.717, 1.165) is 4.88 Å². The largest absolute Gasteiger partial charge is 0.484 e. The maximum atomic E-state index is 11.1. The summed E-state index contributed by atoms with van der Waals surface area (Å²) in [6.45, 7) is 4.28. The third-order valence-corrected chi connectivity index (χ3v) is 3.84. The molecule has 0 aliphatic heterocycles. The molecule has 2 aromatic rings. The molecular formula is C13H14O4S. The van der Waals surface area contributed by atoms with Crippen LogP contribution < -0.4 is 4.74 Å². The summed E-state index contributed by atoms with van der Waals surface area (Å²) in [5, 5.41) is 9.12. The highest BCUT2D eigenvalue weighted by atomic mass is 32.1. The molecule has 0 atom stereocenters. The number of hydrogen-bond donors (Lipinski definition) is 1. The Morgan fingerprint density at radius 3 is 2.89 bits per heavy atom. The lowest BCUT2D eigenvalue weighted by Crippen LogP contribution is -1.99. The molecule has 5 heteroatoms. The molecule has 2 aromatic heterocycles. The van der Waals surface area contributed by atoms with Crippen LogP contribution in [0.25, 0.3) is 0 Å². The Kier molecular flexibility index (Phi) is 3.72. The van der Waals surface area contributed by atoms with Gasteiger partial charge in [0.25, 0.3) is 0 Å². The van der Waals surface area contributed by atoms with Crippen LogP contribution in [0.1, 0.15) is 40.1 Å². The molecule has 0 saturated heterocycles. The zero-order valence-electron chi connectivity index (χ0n) is 10.2. The Hall–Kier alpha value is -1.75. The molecule has 0 unspecified atom stereocenters. The van der Waals surface area contributed by atoms with Gasteiger partial charge in [0.05, 0.1) is 6.26 Å². The number of carboxylic acids is 1. The van der Waals surface area contributed by atoms with Crippen molar-refractivity contribution in [1.29, 1.82) is 0 Å². The molecule has 0 amide bonds. The third-order valence-electron chi connectivity index (χ3n) is 2.43. The fraction of sp³-hybridized carbons (Fsp3) is 0.308. The highest BCUT2D eigenvalue weighted by molar-refractivity contribution is 7.14. The first kappa shape index (κ1) is 12.7. The Morgan fingerprint density at radius 1 is 1.56 bits per heavy atom. The van der Waals surface area contributed by atoms with Crippen molar-refractivity contribution in [3.63, 3.8) is 0 Å². The van der Waals surface area contributed by atoms with Gasteiger partial charge in [0.1, 0.15) is 18.1 Å². The lowest BCUT2D eigenvalue weighted by Gasteiger charge is -2.02. The van der Waals surface area contributed by atoms with Gasteiger partial charge in [-0.05, 0) is 24.1 Å². The number of rotatable bonds is 5. The van der Waals surface area contributed by atoms with E-state index in [1.54, 1.807) is 24.5 Å². The molecule has 0 bridgehead atoms. The topological polar surface area (TPSA) is 59.7 Å². The number of thiophene rings is 1. The van der Waals surface area contributed by atoms with E-state index in [9.17, 15) is 4.79 Å². The number of ether oxygens (including phenoxy) is 1. The number of hydrogen-bond acceptors (Lipinski definition) is 4. The molecule has 0 radical (unpaired) electrons. The van der Waals surface area contributed by atoms with Gasteiger partial charge in [-0.2, -0.15) is 0 Å². The second-order valence-electron chi connectivity index (χ2n) is 4.17. The highest BCUT2D eigenvalue weighted by Gasteiger charge is 2.18. The van der Waals surface area contributed by atoms with Gasteiger partial charge in [0, 0.05) is 4.88 Å². The Balaban J connectivity index is 2.17. The van der Waals surface area contributed by atoms with Crippen LogP contribution in [0.2, 0.25) is 0 Å². The van der Waals surface area contributed by atoms with Gasteiger partial charge < -0.3 is 14.3 Å². The second kappa shape index (κ2) is 5.27. The first-order valence-corrected chi connectivity index (χ1v) is 6.41. The second-order valence-corrected chi connectivity index (χ2v) is 5.25. The van der Waals surface area contributed by atoms with E-state index in [1.807, 2.05) is 13.8 Å². The minimum Gasteiger partial charge on any atom is -0.484 e. The van der Waals surface area contributed by atoms with Crippen molar-refractivity contribution in [2.75, 3.05) is 0 Å². The zero-order chi connectivity index (χ0) is 13.1. The van der Waals surface area contributed by atoms with E-state index in [-0.39, 0.29) is 17.4 Å². The fourth-order valence-electron chi connectivity index (χ4n) is 1.48. The fourth-order valence-corrected chi connectivity index (χ4v) is 2.42. The number of furan rings is 1. The molecule has 0 aliphatic rings. The van der Waals surface area contributed by atoms with E-state index in [0.29, 0.717) is 11.5 Å². The monoisotopic (exact) mass is 266 g/mol. The zero-order valence-corrected chi connectivity index (χ0v) is 11.0. The van der Waals surface area contributed by atoms with Crippen LogP contribution in [-0.2, 0) is 6.61 Å². The van der Waals surface area contributed by atoms with Gasteiger partial charge >= 0.3 is 5.97 Å². The van der Waals surface area contributed by atoms with Gasteiger partial charge in [-0.3, -0.25) is 0 Å². The van der Waals surface area contributed by atoms with Crippen molar-refractivity contribution in [3.05, 3.63) is 40.0 Å². The minimum absolute atomic E-state index is 0.238. The molecule has 0 fully saturated rings. The van der Waals surface area contributed by atoms with Crippen molar-refractivity contribution >= 4 is 17.3 Å². The van der Waals surface area contributed by atoms with E-state index in [1.165, 1.54) is 11.3 Å². The highest BCUT2D eigenvalue weighted by Crippen LogP contribution is 2.34. The van der Waals surface area contributed by atoms with Gasteiger partial charge in [-0.1, -0.05) is 13.8 Å². The first-order valence-electron chi connectivity index (χ1n) is 5.60. The van der Waals surface area contributed by atoms with Crippen molar-refractivity contribution < 1.29 is 19.1 Å². The van der Waals surface area contributed by atoms with Crippen LogP contribution in [0.4, 0.5) is 0 Å². The first-order chi connectivity index (χ1) is 8.58. The maximum Gasteiger partial charge on any atom is 0.349 e. The van der Waals surface area contributed by atoms with Crippen molar-refractivity contribution in [1.82, 2.24) is 0 Å². The summed E-state index contributed by atoms with van der Waals surface area (Å²) in [6, 6.07) is 5.35. The Morgan fingerprint density at radius 2 is 2.33 bits per heavy atom. The van der Waals surface area contributed by atoms with Crippen molar-refractivity contribution in [2.45, 2.75) is 26.4 Å². The summed E-state index contributed by atoms with van der Waals surface area (Å²) in [6.07, 6.45) is 1.56. The number of aromatic carboxylic acids is 1. The Bertz CT molecular complexity index is 525. The lowest BCUT2D eigenvalue weighted by molar-refractivity contribution is 0.0697. The molecule has 1 N–H and O–H groups in total. The molecule has 2 heterocycles. The molecular weight excluding hydrogens is 252 g/mol. The molecule has 0 aromatic carbocycles. The molecule has 96 valence electrons. The predicted octanol–water partition coefficient (Wildman–Crippen LogP) is 3.74. The number of carboxylic acid groups (broad SMARTS) is 1. The predicted molar refractivity (Wildman–Crippen MR) is 68.4 cm³/mol. The third kappa shape index (κ3) is 2.73. The molecule has 4 nitrogen and oxygen atoms in total. The van der Waals surface area contributed by atoms with Crippen molar-refractivity contribution in [3.8, 4) is 5.75 Å².